The van der Waals surface area contributed by atoms with Crippen LogP contribution in [0.5, 0.6) is 0 Å². The molecule has 2 nitrogen and oxygen atoms in total. The zero-order valence-corrected chi connectivity index (χ0v) is 33.2. The zero-order chi connectivity index (χ0) is 37.2. The second-order valence-corrected chi connectivity index (χ2v) is 13.1. The number of carbonyl (C=O) groups is 2. The Bertz CT molecular complexity index is 1070. The van der Waals surface area contributed by atoms with Gasteiger partial charge in [-0.05, 0) is 103 Å². The molecular formula is C48H76O2. The van der Waals surface area contributed by atoms with E-state index in [0.717, 1.165) is 77.0 Å². The lowest BCUT2D eigenvalue weighted by Gasteiger charge is -2.01. The first kappa shape index (κ1) is 48.9. The highest BCUT2D eigenvalue weighted by molar-refractivity contribution is 5.80. The highest BCUT2D eigenvalue weighted by atomic mass is 16.1. The van der Waals surface area contributed by atoms with E-state index in [0.29, 0.717) is 24.4 Å². The molecule has 0 amide bonds. The first-order valence-corrected chi connectivity index (χ1v) is 19.9. The van der Waals surface area contributed by atoms with E-state index in [1.807, 2.05) is 27.7 Å². The van der Waals surface area contributed by atoms with E-state index in [-0.39, 0.29) is 11.8 Å². The average molecular weight is 685 g/mol. The Kier molecular flexibility index (Phi) is 40.9. The van der Waals surface area contributed by atoms with Crippen molar-refractivity contribution in [1.82, 2.24) is 0 Å². The van der Waals surface area contributed by atoms with Crippen LogP contribution in [0.3, 0.4) is 0 Å². The summed E-state index contributed by atoms with van der Waals surface area (Å²) in [5.41, 5.74) is 0. The number of rotatable bonds is 30. The normalized spacial score (nSPS) is 13.0. The lowest BCUT2D eigenvalue weighted by Crippen LogP contribution is -2.05. The lowest BCUT2D eigenvalue weighted by atomic mass is 10.0. The Morgan fingerprint density at radius 2 is 0.600 bits per heavy atom. The van der Waals surface area contributed by atoms with Crippen molar-refractivity contribution in [3.05, 3.63) is 122 Å². The summed E-state index contributed by atoms with van der Waals surface area (Å²) < 4.78 is 0. The van der Waals surface area contributed by atoms with E-state index in [1.165, 1.54) is 25.7 Å². The van der Waals surface area contributed by atoms with E-state index >= 15 is 0 Å². The smallest absolute Gasteiger partial charge is 0.135 e. The molecule has 0 aliphatic carbocycles. The van der Waals surface area contributed by atoms with Gasteiger partial charge in [0.1, 0.15) is 11.6 Å². The van der Waals surface area contributed by atoms with Gasteiger partial charge in [-0.15, -0.1) is 0 Å². The summed E-state index contributed by atoms with van der Waals surface area (Å²) >= 11 is 0. The maximum Gasteiger partial charge on any atom is 0.135 e. The Morgan fingerprint density at radius 3 is 0.960 bits per heavy atom. The summed E-state index contributed by atoms with van der Waals surface area (Å²) in [4.78, 5) is 22.9. The molecule has 0 heterocycles. The van der Waals surface area contributed by atoms with E-state index < -0.39 is 0 Å². The van der Waals surface area contributed by atoms with Crippen LogP contribution in [-0.2, 0) is 9.59 Å². The molecule has 0 aromatic heterocycles. The molecule has 0 bridgehead atoms. The average Bonchev–Trinajstić information content (AvgIpc) is 3.10. The summed E-state index contributed by atoms with van der Waals surface area (Å²) in [5.74, 6) is 1.08. The second-order valence-electron chi connectivity index (χ2n) is 13.1. The number of ketones is 2. The molecule has 0 fully saturated rings. The summed E-state index contributed by atoms with van der Waals surface area (Å²) in [7, 11) is 0. The quantitative estimate of drug-likeness (QED) is 0.0557. The monoisotopic (exact) mass is 685 g/mol. The largest absolute Gasteiger partial charge is 0.299 e. The number of hydrogen-bond donors (Lipinski definition) is 0. The van der Waals surface area contributed by atoms with E-state index in [2.05, 4.69) is 135 Å². The van der Waals surface area contributed by atoms with Crippen LogP contribution < -0.4 is 0 Å². The van der Waals surface area contributed by atoms with Crippen molar-refractivity contribution in [2.45, 2.75) is 157 Å². The number of unbranched alkanes of at least 4 members (excludes halogenated alkanes) is 4. The molecular weight excluding hydrogens is 609 g/mol. The molecule has 50 heavy (non-hydrogen) atoms. The molecule has 0 aromatic carbocycles. The number of carbonyl (C=O) groups excluding carboxylic acids is 2. The van der Waals surface area contributed by atoms with Gasteiger partial charge in [0.25, 0.3) is 0 Å². The van der Waals surface area contributed by atoms with Gasteiger partial charge >= 0.3 is 0 Å². The van der Waals surface area contributed by atoms with Crippen molar-refractivity contribution in [1.29, 1.82) is 0 Å². The maximum absolute atomic E-state index is 11.5. The van der Waals surface area contributed by atoms with Gasteiger partial charge in [0.15, 0.2) is 0 Å². The first-order valence-electron chi connectivity index (χ1n) is 19.9. The maximum atomic E-state index is 11.5. The SMILES string of the molecule is CC/C=C\C/C=C\C/C=C\C/C=C\C/C=C\CCCC(=O)C(C)C.CC/C=C\CCCC/C=C\C/C=C\C/C=C\C/C=C\CCC(=O)C(C)C. The van der Waals surface area contributed by atoms with Gasteiger partial charge in [-0.1, -0.05) is 163 Å². The third kappa shape index (κ3) is 42.8. The molecule has 0 aromatic rings. The van der Waals surface area contributed by atoms with E-state index in [4.69, 9.17) is 0 Å². The molecule has 0 atom stereocenters. The summed E-state index contributed by atoms with van der Waals surface area (Å²) in [6.45, 7) is 12.2. The van der Waals surface area contributed by atoms with Crippen molar-refractivity contribution < 1.29 is 9.59 Å². The molecule has 0 spiro atoms. The van der Waals surface area contributed by atoms with Crippen molar-refractivity contribution in [3.8, 4) is 0 Å². The highest BCUT2D eigenvalue weighted by Crippen LogP contribution is 2.06. The van der Waals surface area contributed by atoms with Crippen molar-refractivity contribution >= 4 is 11.6 Å². The molecule has 0 rings (SSSR count). The van der Waals surface area contributed by atoms with Gasteiger partial charge in [-0.25, -0.2) is 0 Å². The van der Waals surface area contributed by atoms with E-state index in [1.54, 1.807) is 0 Å². The predicted octanol–water partition coefficient (Wildman–Crippen LogP) is 15.0. The van der Waals surface area contributed by atoms with Crippen LogP contribution >= 0.6 is 0 Å². The predicted molar refractivity (Wildman–Crippen MR) is 226 cm³/mol. The summed E-state index contributed by atoms with van der Waals surface area (Å²) in [5, 5.41) is 0. The Morgan fingerprint density at radius 1 is 0.340 bits per heavy atom. The molecule has 0 unspecified atom stereocenters. The first-order chi connectivity index (χ1) is 24.4. The Labute approximate surface area is 310 Å². The Balaban J connectivity index is 0. The van der Waals surface area contributed by atoms with Gasteiger partial charge in [0, 0.05) is 24.7 Å². The van der Waals surface area contributed by atoms with Crippen LogP contribution in [-0.4, -0.2) is 11.6 Å². The molecule has 0 radical (unpaired) electrons. The van der Waals surface area contributed by atoms with Crippen molar-refractivity contribution in [2.24, 2.45) is 11.8 Å². The summed E-state index contributed by atoms with van der Waals surface area (Å²) in [6.07, 6.45) is 62.8. The van der Waals surface area contributed by atoms with Gasteiger partial charge in [0.2, 0.25) is 0 Å². The van der Waals surface area contributed by atoms with Crippen LogP contribution in [0.25, 0.3) is 0 Å². The lowest BCUT2D eigenvalue weighted by molar-refractivity contribution is -0.122. The fraction of sp³-hybridized carbons (Fsp3) is 0.542. The fourth-order valence-corrected chi connectivity index (χ4v) is 4.42. The highest BCUT2D eigenvalue weighted by Gasteiger charge is 2.05. The minimum atomic E-state index is 0.165. The molecule has 0 saturated carbocycles. The molecule has 0 aliphatic heterocycles. The van der Waals surface area contributed by atoms with E-state index in [9.17, 15) is 9.59 Å². The third-order valence-electron chi connectivity index (χ3n) is 7.67. The fourth-order valence-electron chi connectivity index (χ4n) is 4.42. The molecule has 0 N–H and O–H groups in total. The third-order valence-corrected chi connectivity index (χ3v) is 7.67. The second kappa shape index (κ2) is 41.9. The topological polar surface area (TPSA) is 34.1 Å². The zero-order valence-electron chi connectivity index (χ0n) is 33.2. The van der Waals surface area contributed by atoms with Crippen LogP contribution in [0.1, 0.15) is 157 Å². The molecule has 0 aliphatic rings. The van der Waals surface area contributed by atoms with Crippen molar-refractivity contribution in [2.75, 3.05) is 0 Å². The van der Waals surface area contributed by atoms with Crippen LogP contribution in [0.15, 0.2) is 122 Å². The minimum Gasteiger partial charge on any atom is -0.299 e. The van der Waals surface area contributed by atoms with Crippen LogP contribution in [0, 0.1) is 11.8 Å². The summed E-state index contributed by atoms with van der Waals surface area (Å²) in [6, 6.07) is 0. The minimum absolute atomic E-state index is 0.165. The number of hydrogen-bond acceptors (Lipinski definition) is 2. The van der Waals surface area contributed by atoms with Gasteiger partial charge in [0.05, 0.1) is 0 Å². The number of allylic oxidation sites excluding steroid dienone is 20. The van der Waals surface area contributed by atoms with Crippen molar-refractivity contribution in [3.63, 3.8) is 0 Å². The Hall–Kier alpha value is -3.26. The molecule has 2 heteroatoms. The standard InChI is InChI=1S/C25H40O.C23H36O/c1-4-5-6-7-8-9-10-11-12-13-14-15-16-17-18-19-20-21-22-23-25(26)24(2)3;1-4-5-6-7-8-9-10-11-12-13-14-15-16-17-18-19-20-21-23(24)22(2)3/h5-6,11-12,14-15,17-18,20-21,24H,4,7-10,13,16,19,22-23H2,1-3H3;5-6,8-9,11-12,14-15,17-18,22H,4,7,10,13,16,19-21H2,1-3H3/b6-5-,12-11-,15-14-,18-17-,21-20-;6-5-,9-8-,12-11-,15-14-,18-17-. The number of Topliss-reactive ketones (excluding diaryl/α,β-unsaturated/α-hetero) is 2. The van der Waals surface area contributed by atoms with Gasteiger partial charge in [-0.3, -0.25) is 9.59 Å². The van der Waals surface area contributed by atoms with Gasteiger partial charge < -0.3 is 0 Å². The molecule has 280 valence electrons. The molecule has 0 saturated heterocycles. The van der Waals surface area contributed by atoms with Crippen LogP contribution in [0.2, 0.25) is 0 Å². The van der Waals surface area contributed by atoms with Gasteiger partial charge in [-0.2, -0.15) is 0 Å². The van der Waals surface area contributed by atoms with Crippen LogP contribution in [0.4, 0.5) is 0 Å².